The smallest absolute Gasteiger partial charge is 0.322 e. The number of carbonyl (C=O) groups excluding carboxylic acids is 1. The van der Waals surface area contributed by atoms with Crippen LogP contribution in [-0.4, -0.2) is 41.5 Å². The molecule has 0 saturated heterocycles. The van der Waals surface area contributed by atoms with E-state index in [2.05, 4.69) is 11.4 Å². The van der Waals surface area contributed by atoms with Crippen LogP contribution in [0.4, 0.5) is 10.5 Å². The maximum atomic E-state index is 12.8. The number of nitrogens with one attached hydrogen (secondary N) is 1. The molecule has 1 N–H and O–H groups in total. The Balaban J connectivity index is 1.53. The Morgan fingerprint density at radius 2 is 1.94 bits per heavy atom. The maximum absolute atomic E-state index is 12.8. The van der Waals surface area contributed by atoms with E-state index in [1.54, 1.807) is 43.4 Å². The van der Waals surface area contributed by atoms with Crippen molar-refractivity contribution in [2.45, 2.75) is 19.5 Å². The second kappa shape index (κ2) is 8.79. The number of aromatic nitrogens is 2. The molecule has 1 aliphatic rings. The summed E-state index contributed by atoms with van der Waals surface area (Å²) in [4.78, 5) is 14.6. The van der Waals surface area contributed by atoms with Gasteiger partial charge in [-0.2, -0.15) is 10.4 Å². The molecule has 2 aromatic carbocycles. The first-order valence-corrected chi connectivity index (χ1v) is 9.96. The molecule has 0 spiro atoms. The molecule has 8 heteroatoms. The summed E-state index contributed by atoms with van der Waals surface area (Å²) in [6.45, 7) is 1.80. The summed E-state index contributed by atoms with van der Waals surface area (Å²) < 4.78 is 12.7. The van der Waals surface area contributed by atoms with Gasteiger partial charge in [-0.1, -0.05) is 6.07 Å². The monoisotopic (exact) mass is 417 g/mol. The molecular formula is C23H23N5O3. The third-order valence-electron chi connectivity index (χ3n) is 5.22. The van der Waals surface area contributed by atoms with Crippen molar-refractivity contribution in [2.24, 2.45) is 0 Å². The number of benzene rings is 2. The van der Waals surface area contributed by atoms with E-state index in [0.29, 0.717) is 35.8 Å². The minimum Gasteiger partial charge on any atom is -0.493 e. The van der Waals surface area contributed by atoms with E-state index in [9.17, 15) is 4.79 Å². The third-order valence-corrected chi connectivity index (χ3v) is 5.22. The Morgan fingerprint density at radius 1 is 1.10 bits per heavy atom. The van der Waals surface area contributed by atoms with Gasteiger partial charge in [-0.3, -0.25) is 4.68 Å². The van der Waals surface area contributed by atoms with Crippen LogP contribution in [0.15, 0.2) is 48.5 Å². The van der Waals surface area contributed by atoms with Gasteiger partial charge >= 0.3 is 6.03 Å². The predicted molar refractivity (Wildman–Crippen MR) is 116 cm³/mol. The number of carbonyl (C=O) groups is 1. The van der Waals surface area contributed by atoms with E-state index in [-0.39, 0.29) is 6.03 Å². The molecule has 1 aromatic heterocycles. The maximum Gasteiger partial charge on any atom is 0.322 e. The van der Waals surface area contributed by atoms with Crippen molar-refractivity contribution in [1.82, 2.24) is 14.7 Å². The molecule has 8 nitrogen and oxygen atoms in total. The fraction of sp³-hybridized carbons (Fsp3) is 0.261. The van der Waals surface area contributed by atoms with Crippen molar-refractivity contribution < 1.29 is 14.3 Å². The lowest BCUT2D eigenvalue weighted by Crippen LogP contribution is -2.34. The number of rotatable bonds is 4. The molecule has 2 amide bonds. The van der Waals surface area contributed by atoms with Gasteiger partial charge in [-0.15, -0.1) is 0 Å². The van der Waals surface area contributed by atoms with Gasteiger partial charge in [0.2, 0.25) is 0 Å². The number of ether oxygens (including phenoxy) is 2. The standard InChI is InChI=1S/C23H23N5O3/c1-30-21-8-7-17(12-22(21)31-2)20-13-19-15-27(9-4-10-28(19)26-20)23(29)25-18-6-3-5-16(11-18)14-24/h3,5-8,11-13H,4,9-10,15H2,1-2H3,(H,25,29). The van der Waals surface area contributed by atoms with Crippen molar-refractivity contribution in [3.8, 4) is 28.8 Å². The average Bonchev–Trinajstić information content (AvgIpc) is 3.09. The van der Waals surface area contributed by atoms with Crippen molar-refractivity contribution in [1.29, 1.82) is 5.26 Å². The first-order chi connectivity index (χ1) is 15.1. The van der Waals surface area contributed by atoms with Gasteiger partial charge in [0.15, 0.2) is 11.5 Å². The summed E-state index contributed by atoms with van der Waals surface area (Å²) in [5, 5.41) is 16.7. The Labute approximate surface area is 180 Å². The summed E-state index contributed by atoms with van der Waals surface area (Å²) in [5.41, 5.74) is 3.81. The lowest BCUT2D eigenvalue weighted by Gasteiger charge is -2.20. The van der Waals surface area contributed by atoms with E-state index >= 15 is 0 Å². The van der Waals surface area contributed by atoms with Gasteiger partial charge in [0.25, 0.3) is 0 Å². The van der Waals surface area contributed by atoms with E-state index in [0.717, 1.165) is 29.9 Å². The highest BCUT2D eigenvalue weighted by molar-refractivity contribution is 5.89. The number of hydrogen-bond donors (Lipinski definition) is 1. The molecule has 31 heavy (non-hydrogen) atoms. The van der Waals surface area contributed by atoms with Crippen LogP contribution in [0.25, 0.3) is 11.3 Å². The van der Waals surface area contributed by atoms with Crippen molar-refractivity contribution in [3.05, 3.63) is 59.8 Å². The van der Waals surface area contributed by atoms with Crippen LogP contribution in [0.2, 0.25) is 0 Å². The second-order valence-electron chi connectivity index (χ2n) is 7.21. The Bertz CT molecular complexity index is 1150. The molecule has 0 atom stereocenters. The number of nitrogens with zero attached hydrogens (tertiary/aromatic N) is 4. The highest BCUT2D eigenvalue weighted by Gasteiger charge is 2.21. The van der Waals surface area contributed by atoms with Crippen molar-refractivity contribution >= 4 is 11.7 Å². The third kappa shape index (κ3) is 4.31. The Hall–Kier alpha value is -3.99. The molecule has 2 heterocycles. The Morgan fingerprint density at radius 3 is 2.71 bits per heavy atom. The molecule has 4 rings (SSSR count). The molecule has 0 saturated carbocycles. The lowest BCUT2D eigenvalue weighted by molar-refractivity contribution is 0.210. The van der Waals surface area contributed by atoms with Gasteiger partial charge in [-0.05, 0) is 48.9 Å². The minimum atomic E-state index is -0.197. The number of amides is 2. The van der Waals surface area contributed by atoms with Crippen LogP contribution in [0.5, 0.6) is 11.5 Å². The number of urea groups is 1. The first kappa shape index (κ1) is 20.3. The van der Waals surface area contributed by atoms with Gasteiger partial charge in [0.05, 0.1) is 43.8 Å². The molecule has 0 aliphatic carbocycles. The van der Waals surface area contributed by atoms with Crippen LogP contribution >= 0.6 is 0 Å². The van der Waals surface area contributed by atoms with E-state index in [4.69, 9.17) is 19.8 Å². The molecule has 0 fully saturated rings. The summed E-state index contributed by atoms with van der Waals surface area (Å²) >= 11 is 0. The van der Waals surface area contributed by atoms with Gasteiger partial charge in [-0.25, -0.2) is 4.79 Å². The van der Waals surface area contributed by atoms with Crippen LogP contribution in [-0.2, 0) is 13.1 Å². The van der Waals surface area contributed by atoms with Crippen LogP contribution in [0.3, 0.4) is 0 Å². The molecule has 3 aromatic rings. The van der Waals surface area contributed by atoms with E-state index in [1.165, 1.54) is 0 Å². The number of methoxy groups -OCH3 is 2. The number of hydrogen-bond acceptors (Lipinski definition) is 5. The van der Waals surface area contributed by atoms with Gasteiger partial charge in [0.1, 0.15) is 0 Å². The zero-order valence-electron chi connectivity index (χ0n) is 17.5. The fourth-order valence-corrected chi connectivity index (χ4v) is 3.64. The molecule has 158 valence electrons. The molecular weight excluding hydrogens is 394 g/mol. The number of anilines is 1. The summed E-state index contributed by atoms with van der Waals surface area (Å²) in [6, 6.07) is 16.5. The van der Waals surface area contributed by atoms with Crippen molar-refractivity contribution in [2.75, 3.05) is 26.1 Å². The number of aryl methyl sites for hydroxylation is 1. The highest BCUT2D eigenvalue weighted by atomic mass is 16.5. The van der Waals surface area contributed by atoms with Gasteiger partial charge < -0.3 is 19.7 Å². The van der Waals surface area contributed by atoms with Gasteiger partial charge in [0, 0.05) is 24.3 Å². The summed E-state index contributed by atoms with van der Waals surface area (Å²) in [5.74, 6) is 1.30. The largest absolute Gasteiger partial charge is 0.493 e. The number of fused-ring (bicyclic) bond motifs is 1. The normalized spacial score (nSPS) is 13.0. The second-order valence-corrected chi connectivity index (χ2v) is 7.21. The number of nitriles is 1. The zero-order valence-corrected chi connectivity index (χ0v) is 17.5. The van der Waals surface area contributed by atoms with Crippen LogP contribution in [0.1, 0.15) is 17.7 Å². The fourth-order valence-electron chi connectivity index (χ4n) is 3.64. The summed E-state index contributed by atoms with van der Waals surface area (Å²) in [6.07, 6.45) is 0.797. The molecule has 0 bridgehead atoms. The minimum absolute atomic E-state index is 0.197. The SMILES string of the molecule is COc1ccc(-c2cc3n(n2)CCCN(C(=O)Nc2cccc(C#N)c2)C3)cc1OC. The summed E-state index contributed by atoms with van der Waals surface area (Å²) in [7, 11) is 3.21. The van der Waals surface area contributed by atoms with Crippen LogP contribution < -0.4 is 14.8 Å². The average molecular weight is 417 g/mol. The quantitative estimate of drug-likeness (QED) is 0.696. The molecule has 0 radical (unpaired) electrons. The highest BCUT2D eigenvalue weighted by Crippen LogP contribution is 2.32. The van der Waals surface area contributed by atoms with E-state index in [1.807, 2.05) is 28.9 Å². The molecule has 0 unspecified atom stereocenters. The lowest BCUT2D eigenvalue weighted by atomic mass is 10.1. The topological polar surface area (TPSA) is 92.4 Å². The predicted octanol–water partition coefficient (Wildman–Crippen LogP) is 3.88. The zero-order chi connectivity index (χ0) is 21.8. The van der Waals surface area contributed by atoms with Crippen LogP contribution in [0, 0.1) is 11.3 Å². The Kier molecular flexibility index (Phi) is 5.76. The first-order valence-electron chi connectivity index (χ1n) is 9.96. The van der Waals surface area contributed by atoms with E-state index < -0.39 is 0 Å². The van der Waals surface area contributed by atoms with Crippen molar-refractivity contribution in [3.63, 3.8) is 0 Å². The molecule has 1 aliphatic heterocycles.